The van der Waals surface area contributed by atoms with E-state index in [4.69, 9.17) is 0 Å². The van der Waals surface area contributed by atoms with Gasteiger partial charge in [0.2, 0.25) is 0 Å². The summed E-state index contributed by atoms with van der Waals surface area (Å²) in [6, 6.07) is 21.8. The Morgan fingerprint density at radius 2 is 1.27 bits per heavy atom. The van der Waals surface area contributed by atoms with Crippen LogP contribution in [0.5, 0.6) is 0 Å². The summed E-state index contributed by atoms with van der Waals surface area (Å²) in [5, 5.41) is 0. The first-order valence-electron chi connectivity index (χ1n) is 7.98. The first-order chi connectivity index (χ1) is 10.4. The molecule has 0 unspecified atom stereocenters. The Labute approximate surface area is 139 Å². The second kappa shape index (κ2) is 6.68. The molecular formula is C20H22ClN. The van der Waals surface area contributed by atoms with Gasteiger partial charge in [-0.05, 0) is 54.1 Å². The van der Waals surface area contributed by atoms with Gasteiger partial charge in [-0.2, -0.15) is 0 Å². The van der Waals surface area contributed by atoms with Crippen LogP contribution in [0.1, 0.15) is 24.0 Å². The second-order valence-electron chi connectivity index (χ2n) is 6.18. The molecule has 22 heavy (non-hydrogen) atoms. The van der Waals surface area contributed by atoms with Crippen LogP contribution in [0.2, 0.25) is 0 Å². The molecule has 2 aromatic carbocycles. The van der Waals surface area contributed by atoms with E-state index < -0.39 is 0 Å². The molecule has 5 rings (SSSR count). The predicted octanol–water partition coefficient (Wildman–Crippen LogP) is 4.64. The lowest BCUT2D eigenvalue weighted by molar-refractivity contribution is 0.162. The van der Waals surface area contributed by atoms with E-state index in [-0.39, 0.29) is 12.4 Å². The molecule has 114 valence electrons. The number of benzene rings is 2. The Morgan fingerprint density at radius 1 is 0.773 bits per heavy atom. The summed E-state index contributed by atoms with van der Waals surface area (Å²) in [6.07, 6.45) is 2.66. The summed E-state index contributed by atoms with van der Waals surface area (Å²) >= 11 is 0. The highest BCUT2D eigenvalue weighted by atomic mass is 35.5. The molecule has 0 N–H and O–H groups in total. The standard InChI is InChI=1S/C20H21N.ClH/c1-3-7-17(8-4-1)20(18-9-5-2-6-10-18)19-15-21-13-11-16(19)12-14-21;/h1-10,16H,11-15H2;1H. The van der Waals surface area contributed by atoms with Crippen molar-refractivity contribution in [2.45, 2.75) is 12.8 Å². The maximum atomic E-state index is 2.61. The van der Waals surface area contributed by atoms with Gasteiger partial charge < -0.3 is 0 Å². The van der Waals surface area contributed by atoms with Crippen LogP contribution in [-0.2, 0) is 0 Å². The summed E-state index contributed by atoms with van der Waals surface area (Å²) in [7, 11) is 0. The third kappa shape index (κ3) is 2.84. The highest BCUT2D eigenvalue weighted by Gasteiger charge is 2.31. The lowest BCUT2D eigenvalue weighted by Gasteiger charge is -2.42. The highest BCUT2D eigenvalue weighted by Crippen LogP contribution is 2.39. The minimum atomic E-state index is 0. The molecule has 0 amide bonds. The van der Waals surface area contributed by atoms with Crippen LogP contribution >= 0.6 is 12.4 Å². The zero-order chi connectivity index (χ0) is 14.1. The van der Waals surface area contributed by atoms with E-state index >= 15 is 0 Å². The number of nitrogens with zero attached hydrogens (tertiary/aromatic N) is 1. The van der Waals surface area contributed by atoms with Crippen molar-refractivity contribution in [1.29, 1.82) is 0 Å². The molecule has 3 heterocycles. The van der Waals surface area contributed by atoms with E-state index in [0.29, 0.717) is 0 Å². The molecule has 1 nitrogen and oxygen atoms in total. The zero-order valence-electron chi connectivity index (χ0n) is 12.7. The summed E-state index contributed by atoms with van der Waals surface area (Å²) < 4.78 is 0. The van der Waals surface area contributed by atoms with E-state index in [1.54, 1.807) is 5.57 Å². The Hall–Kier alpha value is -1.57. The van der Waals surface area contributed by atoms with Crippen molar-refractivity contribution in [2.75, 3.05) is 19.6 Å². The van der Waals surface area contributed by atoms with Gasteiger partial charge in [-0.1, -0.05) is 60.7 Å². The SMILES string of the molecule is Cl.c1ccc(C(=C2CN3CCC2CC3)c2ccccc2)cc1. The number of rotatable bonds is 2. The maximum absolute atomic E-state index is 2.61. The van der Waals surface area contributed by atoms with Gasteiger partial charge in [0, 0.05) is 6.54 Å². The Bertz CT molecular complexity index is 598. The van der Waals surface area contributed by atoms with E-state index in [2.05, 4.69) is 65.6 Å². The van der Waals surface area contributed by atoms with Crippen molar-refractivity contribution >= 4 is 18.0 Å². The van der Waals surface area contributed by atoms with Crippen LogP contribution in [-0.4, -0.2) is 24.5 Å². The molecule has 3 saturated heterocycles. The largest absolute Gasteiger partial charge is 0.299 e. The fourth-order valence-corrected chi connectivity index (χ4v) is 3.84. The van der Waals surface area contributed by atoms with Gasteiger partial charge in [0.15, 0.2) is 0 Å². The summed E-state index contributed by atoms with van der Waals surface area (Å²) in [5.41, 5.74) is 5.87. The smallest absolute Gasteiger partial charge is 0.0205 e. The van der Waals surface area contributed by atoms with Crippen molar-refractivity contribution in [3.8, 4) is 0 Å². The van der Waals surface area contributed by atoms with E-state index in [9.17, 15) is 0 Å². The second-order valence-corrected chi connectivity index (χ2v) is 6.18. The molecule has 3 aliphatic heterocycles. The minimum Gasteiger partial charge on any atom is -0.299 e. The van der Waals surface area contributed by atoms with E-state index in [1.807, 2.05) is 0 Å². The van der Waals surface area contributed by atoms with Gasteiger partial charge in [-0.15, -0.1) is 12.4 Å². The summed E-state index contributed by atoms with van der Waals surface area (Å²) in [5.74, 6) is 0.783. The van der Waals surface area contributed by atoms with Crippen molar-refractivity contribution in [3.63, 3.8) is 0 Å². The number of fused-ring (bicyclic) bond motifs is 3. The number of hydrogen-bond donors (Lipinski definition) is 0. The predicted molar refractivity (Wildman–Crippen MR) is 95.3 cm³/mol. The summed E-state index contributed by atoms with van der Waals surface area (Å²) in [4.78, 5) is 2.61. The van der Waals surface area contributed by atoms with Crippen LogP contribution in [0.4, 0.5) is 0 Å². The molecule has 3 fully saturated rings. The third-order valence-electron chi connectivity index (χ3n) is 4.92. The summed E-state index contributed by atoms with van der Waals surface area (Å²) in [6.45, 7) is 3.72. The molecule has 3 aliphatic rings. The van der Waals surface area contributed by atoms with Crippen LogP contribution < -0.4 is 0 Å². The molecular weight excluding hydrogens is 290 g/mol. The van der Waals surface area contributed by atoms with E-state index in [0.717, 1.165) is 12.5 Å². The van der Waals surface area contributed by atoms with Crippen LogP contribution in [0, 0.1) is 5.92 Å². The quantitative estimate of drug-likeness (QED) is 0.781. The molecule has 0 spiro atoms. The normalized spacial score (nSPS) is 23.0. The Balaban J connectivity index is 0.00000144. The molecule has 2 aromatic rings. The van der Waals surface area contributed by atoms with Crippen molar-refractivity contribution in [2.24, 2.45) is 5.92 Å². The topological polar surface area (TPSA) is 3.24 Å². The fraction of sp³-hybridized carbons (Fsp3) is 0.300. The van der Waals surface area contributed by atoms with Crippen LogP contribution in [0.3, 0.4) is 0 Å². The van der Waals surface area contributed by atoms with Gasteiger partial charge in [-0.3, -0.25) is 4.90 Å². The lowest BCUT2D eigenvalue weighted by Crippen LogP contribution is -2.43. The molecule has 0 aliphatic carbocycles. The highest BCUT2D eigenvalue weighted by molar-refractivity contribution is 5.85. The number of hydrogen-bond acceptors (Lipinski definition) is 1. The Morgan fingerprint density at radius 3 is 1.68 bits per heavy atom. The van der Waals surface area contributed by atoms with Gasteiger partial charge in [-0.25, -0.2) is 0 Å². The average Bonchev–Trinajstić information content (AvgIpc) is 2.58. The van der Waals surface area contributed by atoms with Gasteiger partial charge in [0.1, 0.15) is 0 Å². The van der Waals surface area contributed by atoms with Crippen LogP contribution in [0.25, 0.3) is 5.57 Å². The monoisotopic (exact) mass is 311 g/mol. The number of piperidine rings is 3. The molecule has 0 saturated carbocycles. The molecule has 0 atom stereocenters. The zero-order valence-corrected chi connectivity index (χ0v) is 13.6. The average molecular weight is 312 g/mol. The maximum Gasteiger partial charge on any atom is 0.0205 e. The molecule has 2 bridgehead atoms. The van der Waals surface area contributed by atoms with E-state index in [1.165, 1.54) is 42.6 Å². The van der Waals surface area contributed by atoms with Gasteiger partial charge >= 0.3 is 0 Å². The number of halogens is 1. The molecule has 0 aromatic heterocycles. The lowest BCUT2D eigenvalue weighted by atomic mass is 9.78. The Kier molecular flexibility index (Phi) is 4.66. The van der Waals surface area contributed by atoms with Crippen molar-refractivity contribution in [1.82, 2.24) is 4.90 Å². The molecule has 2 heteroatoms. The first kappa shape index (κ1) is 15.3. The fourth-order valence-electron chi connectivity index (χ4n) is 3.84. The molecule has 0 radical (unpaired) electrons. The minimum absolute atomic E-state index is 0. The van der Waals surface area contributed by atoms with Crippen LogP contribution in [0.15, 0.2) is 66.2 Å². The van der Waals surface area contributed by atoms with Crippen molar-refractivity contribution in [3.05, 3.63) is 77.4 Å². The third-order valence-corrected chi connectivity index (χ3v) is 4.92. The first-order valence-corrected chi connectivity index (χ1v) is 7.98. The van der Waals surface area contributed by atoms with Gasteiger partial charge in [0.05, 0.1) is 0 Å². The van der Waals surface area contributed by atoms with Crippen molar-refractivity contribution < 1.29 is 0 Å². The van der Waals surface area contributed by atoms with Gasteiger partial charge in [0.25, 0.3) is 0 Å².